The summed E-state index contributed by atoms with van der Waals surface area (Å²) in [5.41, 5.74) is 1.13. The van der Waals surface area contributed by atoms with E-state index >= 15 is 0 Å². The summed E-state index contributed by atoms with van der Waals surface area (Å²) in [7, 11) is 3.07. The first-order valence-electron chi connectivity index (χ1n) is 10.5. The minimum atomic E-state index is -0.331. The molecule has 2 aliphatic rings. The highest BCUT2D eigenvalue weighted by Gasteiger charge is 2.18. The molecule has 2 aromatic rings. The van der Waals surface area contributed by atoms with Crippen LogP contribution in [-0.4, -0.2) is 58.6 Å². The summed E-state index contributed by atoms with van der Waals surface area (Å²) in [6.07, 6.45) is 2.01. The van der Waals surface area contributed by atoms with Gasteiger partial charge in [-0.3, -0.25) is 10.1 Å². The van der Waals surface area contributed by atoms with Gasteiger partial charge in [0, 0.05) is 23.9 Å². The number of guanidine groups is 1. The number of benzene rings is 2. The van der Waals surface area contributed by atoms with Gasteiger partial charge in [0.05, 0.1) is 26.9 Å². The number of fused-ring (bicyclic) bond motifs is 1. The molecule has 0 saturated carbocycles. The Morgan fingerprint density at radius 2 is 1.84 bits per heavy atom. The molecule has 0 radical (unpaired) electrons. The third-order valence-corrected chi connectivity index (χ3v) is 5.16. The molecule has 9 nitrogen and oxygen atoms in total. The van der Waals surface area contributed by atoms with E-state index in [1.807, 2.05) is 18.2 Å². The molecular formula is C23H27N3O6. The van der Waals surface area contributed by atoms with Crippen molar-refractivity contribution in [2.24, 2.45) is 4.99 Å². The van der Waals surface area contributed by atoms with Crippen molar-refractivity contribution in [1.82, 2.24) is 5.32 Å². The van der Waals surface area contributed by atoms with Crippen molar-refractivity contribution >= 4 is 17.6 Å². The van der Waals surface area contributed by atoms with Crippen LogP contribution in [0.1, 0.15) is 23.2 Å². The molecule has 9 heteroatoms. The Morgan fingerprint density at radius 3 is 2.59 bits per heavy atom. The summed E-state index contributed by atoms with van der Waals surface area (Å²) in [6.45, 7) is 2.20. The summed E-state index contributed by atoms with van der Waals surface area (Å²) >= 11 is 0. The van der Waals surface area contributed by atoms with Crippen LogP contribution >= 0.6 is 0 Å². The molecule has 2 N–H and O–H groups in total. The Hall–Kier alpha value is -3.46. The highest BCUT2D eigenvalue weighted by molar-refractivity contribution is 6.10. The number of carbonyl (C=O) groups is 1. The molecule has 1 fully saturated rings. The average molecular weight is 441 g/mol. The second-order valence-corrected chi connectivity index (χ2v) is 7.33. The molecule has 32 heavy (non-hydrogen) atoms. The van der Waals surface area contributed by atoms with Gasteiger partial charge in [-0.05, 0) is 43.2 Å². The maximum atomic E-state index is 12.9. The van der Waals surface area contributed by atoms with Crippen molar-refractivity contribution in [2.75, 3.05) is 45.9 Å². The third kappa shape index (κ3) is 5.23. The van der Waals surface area contributed by atoms with E-state index in [9.17, 15) is 4.79 Å². The largest absolute Gasteiger partial charge is 0.493 e. The molecule has 0 aromatic heterocycles. The number of carbonyl (C=O) groups excluding carboxylic acids is 1. The molecule has 2 aliphatic heterocycles. The Bertz CT molecular complexity index is 988. The lowest BCUT2D eigenvalue weighted by atomic mass is 10.2. The van der Waals surface area contributed by atoms with Gasteiger partial charge in [0.25, 0.3) is 5.91 Å². The van der Waals surface area contributed by atoms with Crippen LogP contribution in [0.15, 0.2) is 41.4 Å². The number of ether oxygens (including phenoxy) is 5. The van der Waals surface area contributed by atoms with Gasteiger partial charge >= 0.3 is 0 Å². The molecule has 1 saturated heterocycles. The smallest absolute Gasteiger partial charge is 0.258 e. The monoisotopic (exact) mass is 441 g/mol. The Balaban J connectivity index is 1.52. The van der Waals surface area contributed by atoms with E-state index in [0.717, 1.165) is 19.4 Å². The first kappa shape index (κ1) is 21.8. The van der Waals surface area contributed by atoms with Crippen LogP contribution in [0.5, 0.6) is 23.0 Å². The van der Waals surface area contributed by atoms with Gasteiger partial charge in [-0.1, -0.05) is 0 Å². The third-order valence-electron chi connectivity index (χ3n) is 5.16. The Labute approximate surface area is 186 Å². The zero-order valence-corrected chi connectivity index (χ0v) is 18.2. The van der Waals surface area contributed by atoms with E-state index in [-0.39, 0.29) is 12.0 Å². The minimum Gasteiger partial charge on any atom is -0.493 e. The van der Waals surface area contributed by atoms with Crippen LogP contribution in [0.2, 0.25) is 0 Å². The van der Waals surface area contributed by atoms with Crippen LogP contribution in [0, 0.1) is 0 Å². The fourth-order valence-corrected chi connectivity index (χ4v) is 3.51. The molecule has 0 spiro atoms. The Morgan fingerprint density at radius 1 is 1.03 bits per heavy atom. The summed E-state index contributed by atoms with van der Waals surface area (Å²) in [5, 5.41) is 6.03. The summed E-state index contributed by atoms with van der Waals surface area (Å²) < 4.78 is 27.4. The van der Waals surface area contributed by atoms with Crippen molar-refractivity contribution in [1.29, 1.82) is 0 Å². The number of amides is 1. The number of methoxy groups -OCH3 is 2. The second kappa shape index (κ2) is 10.2. The summed E-state index contributed by atoms with van der Waals surface area (Å²) in [6, 6.07) is 10.5. The topological polar surface area (TPSA) is 99.6 Å². The quantitative estimate of drug-likeness (QED) is 0.525. The highest BCUT2D eigenvalue weighted by Crippen LogP contribution is 2.32. The highest BCUT2D eigenvalue weighted by atomic mass is 16.6. The minimum absolute atomic E-state index is 0.0463. The fraction of sp³-hybridized carbons (Fsp3) is 0.391. The maximum absolute atomic E-state index is 12.9. The van der Waals surface area contributed by atoms with E-state index in [2.05, 4.69) is 15.6 Å². The molecule has 1 unspecified atom stereocenters. The molecule has 1 atom stereocenters. The normalized spacial score (nSPS) is 17.6. The molecule has 0 bridgehead atoms. The van der Waals surface area contributed by atoms with E-state index in [0.29, 0.717) is 60.0 Å². The average Bonchev–Trinajstić information content (AvgIpc) is 3.35. The first-order valence-corrected chi connectivity index (χ1v) is 10.5. The van der Waals surface area contributed by atoms with Crippen molar-refractivity contribution in [3.05, 3.63) is 42.0 Å². The molecule has 1 amide bonds. The van der Waals surface area contributed by atoms with E-state index in [4.69, 9.17) is 23.7 Å². The molecule has 170 valence electrons. The van der Waals surface area contributed by atoms with Crippen LogP contribution in [-0.2, 0) is 4.74 Å². The van der Waals surface area contributed by atoms with Gasteiger partial charge in [0.15, 0.2) is 23.0 Å². The van der Waals surface area contributed by atoms with Crippen LogP contribution in [0.3, 0.4) is 0 Å². The Kier molecular flexibility index (Phi) is 6.96. The van der Waals surface area contributed by atoms with E-state index in [1.54, 1.807) is 25.3 Å². The molecule has 0 aliphatic carbocycles. The van der Waals surface area contributed by atoms with Gasteiger partial charge in [-0.2, -0.15) is 0 Å². The van der Waals surface area contributed by atoms with Gasteiger partial charge in [0.2, 0.25) is 5.96 Å². The maximum Gasteiger partial charge on any atom is 0.258 e. The van der Waals surface area contributed by atoms with E-state index < -0.39 is 0 Å². The predicted molar refractivity (Wildman–Crippen MR) is 119 cm³/mol. The SMILES string of the molecule is COc1ccc(C(=O)NC(=NCC2CCCO2)Nc2ccc3c(c2)OCCO3)cc1OC. The van der Waals surface area contributed by atoms with Crippen LogP contribution in [0.25, 0.3) is 0 Å². The molecular weight excluding hydrogens is 414 g/mol. The van der Waals surface area contributed by atoms with Crippen molar-refractivity contribution in [3.63, 3.8) is 0 Å². The van der Waals surface area contributed by atoms with Gasteiger partial charge in [-0.15, -0.1) is 0 Å². The molecule has 2 aromatic carbocycles. The van der Waals surface area contributed by atoms with Crippen molar-refractivity contribution < 1.29 is 28.5 Å². The van der Waals surface area contributed by atoms with Gasteiger partial charge in [0.1, 0.15) is 13.2 Å². The van der Waals surface area contributed by atoms with Crippen LogP contribution < -0.4 is 29.6 Å². The van der Waals surface area contributed by atoms with Crippen molar-refractivity contribution in [3.8, 4) is 23.0 Å². The standard InChI is InChI=1S/C23H27N3O6/c1-28-18-7-5-15(12-20(18)29-2)22(27)26-23(24-14-17-4-3-9-30-17)25-16-6-8-19-21(13-16)32-11-10-31-19/h5-8,12-13,17H,3-4,9-11,14H2,1-2H3,(H2,24,25,26,27). The summed E-state index contributed by atoms with van der Waals surface area (Å²) in [4.78, 5) is 17.5. The lowest BCUT2D eigenvalue weighted by Gasteiger charge is -2.20. The lowest BCUT2D eigenvalue weighted by Crippen LogP contribution is -2.36. The van der Waals surface area contributed by atoms with E-state index in [1.165, 1.54) is 7.11 Å². The van der Waals surface area contributed by atoms with Gasteiger partial charge < -0.3 is 29.0 Å². The zero-order valence-electron chi connectivity index (χ0n) is 18.2. The second-order valence-electron chi connectivity index (χ2n) is 7.33. The first-order chi connectivity index (χ1) is 15.7. The molecule has 2 heterocycles. The number of hydrogen-bond donors (Lipinski definition) is 2. The number of hydrogen-bond acceptors (Lipinski definition) is 7. The van der Waals surface area contributed by atoms with Crippen LogP contribution in [0.4, 0.5) is 5.69 Å². The number of aliphatic imine (C=N–C) groups is 1. The predicted octanol–water partition coefficient (Wildman–Crippen LogP) is 2.85. The number of anilines is 1. The number of nitrogens with one attached hydrogen (secondary N) is 2. The fourth-order valence-electron chi connectivity index (χ4n) is 3.51. The molecule has 4 rings (SSSR count). The van der Waals surface area contributed by atoms with Gasteiger partial charge in [-0.25, -0.2) is 4.99 Å². The zero-order chi connectivity index (χ0) is 22.3. The lowest BCUT2D eigenvalue weighted by molar-refractivity contribution is 0.0975. The summed E-state index contributed by atoms with van der Waals surface area (Å²) in [5.74, 6) is 2.34. The number of nitrogens with zero attached hydrogens (tertiary/aromatic N) is 1. The number of rotatable bonds is 6. The van der Waals surface area contributed by atoms with Crippen molar-refractivity contribution in [2.45, 2.75) is 18.9 Å².